The van der Waals surface area contributed by atoms with Gasteiger partial charge in [0.25, 0.3) is 0 Å². The van der Waals surface area contributed by atoms with Crippen LogP contribution in [0.3, 0.4) is 0 Å². The molecule has 98 valence electrons. The van der Waals surface area contributed by atoms with Crippen molar-refractivity contribution in [2.24, 2.45) is 5.92 Å². The molecule has 1 fully saturated rings. The number of amides is 1. The van der Waals surface area contributed by atoms with Crippen molar-refractivity contribution in [3.63, 3.8) is 0 Å². The van der Waals surface area contributed by atoms with Gasteiger partial charge in [-0.05, 0) is 18.4 Å². The van der Waals surface area contributed by atoms with E-state index in [4.69, 9.17) is 0 Å². The molecule has 0 aliphatic carbocycles. The Labute approximate surface area is 109 Å². The summed E-state index contributed by atoms with van der Waals surface area (Å²) in [6.45, 7) is 6.33. The third-order valence-electron chi connectivity index (χ3n) is 3.91. The largest absolute Gasteiger partial charge is 0.325 e. The number of carbonyl (C=O) groups is 1. The Balaban J connectivity index is 2.23. The Bertz CT molecular complexity index is 444. The molecular formula is C15H22N2O. The third-order valence-corrected chi connectivity index (χ3v) is 3.91. The fourth-order valence-electron chi connectivity index (χ4n) is 2.50. The van der Waals surface area contributed by atoms with E-state index in [1.807, 2.05) is 18.0 Å². The lowest BCUT2D eigenvalue weighted by Crippen LogP contribution is -2.35. The summed E-state index contributed by atoms with van der Waals surface area (Å²) >= 11 is 0. The van der Waals surface area contributed by atoms with Crippen LogP contribution in [-0.4, -0.2) is 23.9 Å². The van der Waals surface area contributed by atoms with Gasteiger partial charge in [-0.3, -0.25) is 10.1 Å². The molecule has 18 heavy (non-hydrogen) atoms. The summed E-state index contributed by atoms with van der Waals surface area (Å²) in [5.74, 6) is 0.575. The summed E-state index contributed by atoms with van der Waals surface area (Å²) in [7, 11) is 1.88. The number of aryl methyl sites for hydroxylation is 1. The second-order valence-electron chi connectivity index (χ2n) is 5.30. The maximum atomic E-state index is 12.2. The normalized spacial score (nSPS) is 25.6. The average Bonchev–Trinajstić information content (AvgIpc) is 2.66. The highest BCUT2D eigenvalue weighted by molar-refractivity contribution is 5.84. The van der Waals surface area contributed by atoms with Gasteiger partial charge in [-0.25, -0.2) is 0 Å². The summed E-state index contributed by atoms with van der Waals surface area (Å²) in [5, 5.41) is 3.46. The van der Waals surface area contributed by atoms with Crippen LogP contribution in [0.1, 0.15) is 37.6 Å². The molecule has 1 aromatic rings. The summed E-state index contributed by atoms with van der Waals surface area (Å²) in [4.78, 5) is 14.1. The minimum atomic E-state index is -0.0505. The van der Waals surface area contributed by atoms with E-state index in [-0.39, 0.29) is 18.1 Å². The Morgan fingerprint density at radius 2 is 2.17 bits per heavy atom. The Hall–Kier alpha value is -1.35. The zero-order valence-corrected chi connectivity index (χ0v) is 11.6. The molecule has 3 nitrogen and oxygen atoms in total. The smallest absolute Gasteiger partial charge is 0.241 e. The van der Waals surface area contributed by atoms with Crippen molar-refractivity contribution in [2.75, 3.05) is 7.05 Å². The first-order valence-corrected chi connectivity index (χ1v) is 6.64. The van der Waals surface area contributed by atoms with Crippen LogP contribution < -0.4 is 5.32 Å². The van der Waals surface area contributed by atoms with Crippen molar-refractivity contribution >= 4 is 5.91 Å². The van der Waals surface area contributed by atoms with Gasteiger partial charge in [-0.2, -0.15) is 0 Å². The van der Waals surface area contributed by atoms with E-state index in [1.165, 1.54) is 5.56 Å². The topological polar surface area (TPSA) is 32.3 Å². The molecule has 1 aromatic carbocycles. The van der Waals surface area contributed by atoms with Crippen LogP contribution in [0.15, 0.2) is 24.3 Å². The van der Waals surface area contributed by atoms with E-state index >= 15 is 0 Å². The minimum absolute atomic E-state index is 0.0106. The van der Waals surface area contributed by atoms with E-state index in [0.717, 1.165) is 12.0 Å². The number of hydrogen-bond donors (Lipinski definition) is 1. The molecule has 0 bridgehead atoms. The van der Waals surface area contributed by atoms with Crippen LogP contribution in [0.5, 0.6) is 0 Å². The average molecular weight is 246 g/mol. The highest BCUT2D eigenvalue weighted by Crippen LogP contribution is 2.27. The number of benzene rings is 1. The highest BCUT2D eigenvalue weighted by atomic mass is 16.2. The third kappa shape index (κ3) is 2.27. The van der Waals surface area contributed by atoms with E-state index in [9.17, 15) is 4.79 Å². The second-order valence-corrected chi connectivity index (χ2v) is 5.30. The van der Waals surface area contributed by atoms with Gasteiger partial charge >= 0.3 is 0 Å². The van der Waals surface area contributed by atoms with E-state index in [2.05, 4.69) is 44.3 Å². The van der Waals surface area contributed by atoms with Crippen LogP contribution >= 0.6 is 0 Å². The van der Waals surface area contributed by atoms with Crippen LogP contribution in [0.4, 0.5) is 0 Å². The summed E-state index contributed by atoms with van der Waals surface area (Å²) < 4.78 is 0. The molecule has 0 radical (unpaired) electrons. The molecule has 1 N–H and O–H groups in total. The molecule has 3 heteroatoms. The number of nitrogens with one attached hydrogen (secondary N) is 1. The van der Waals surface area contributed by atoms with Crippen molar-refractivity contribution in [1.82, 2.24) is 10.2 Å². The molecule has 1 amide bonds. The Morgan fingerprint density at radius 1 is 1.44 bits per heavy atom. The van der Waals surface area contributed by atoms with Crippen LogP contribution in [0, 0.1) is 12.8 Å². The molecule has 0 saturated carbocycles. The first kappa shape index (κ1) is 13.1. The summed E-state index contributed by atoms with van der Waals surface area (Å²) in [6.07, 6.45) is 1.02. The molecule has 1 saturated heterocycles. The van der Waals surface area contributed by atoms with Gasteiger partial charge in [-0.1, -0.05) is 50.1 Å². The van der Waals surface area contributed by atoms with Crippen molar-refractivity contribution in [2.45, 2.75) is 39.4 Å². The predicted octanol–water partition coefficient (Wildman–Crippen LogP) is 2.47. The van der Waals surface area contributed by atoms with Gasteiger partial charge in [0, 0.05) is 7.05 Å². The van der Waals surface area contributed by atoms with Crippen LogP contribution in [0.25, 0.3) is 0 Å². The molecule has 0 spiro atoms. The molecule has 0 aromatic heterocycles. The molecule has 1 aliphatic rings. The zero-order chi connectivity index (χ0) is 13.3. The summed E-state index contributed by atoms with van der Waals surface area (Å²) in [6, 6.07) is 8.28. The van der Waals surface area contributed by atoms with Gasteiger partial charge in [0.1, 0.15) is 6.17 Å². The number of hydrogen-bond acceptors (Lipinski definition) is 2. The van der Waals surface area contributed by atoms with E-state index < -0.39 is 0 Å². The molecular weight excluding hydrogens is 224 g/mol. The van der Waals surface area contributed by atoms with Gasteiger partial charge in [0.2, 0.25) is 5.91 Å². The van der Waals surface area contributed by atoms with Gasteiger partial charge in [-0.15, -0.1) is 0 Å². The van der Waals surface area contributed by atoms with Crippen molar-refractivity contribution < 1.29 is 4.79 Å². The van der Waals surface area contributed by atoms with Gasteiger partial charge < -0.3 is 4.90 Å². The molecule has 1 heterocycles. The molecule has 1 aliphatic heterocycles. The van der Waals surface area contributed by atoms with Crippen LogP contribution in [-0.2, 0) is 4.79 Å². The van der Waals surface area contributed by atoms with Crippen molar-refractivity contribution in [1.29, 1.82) is 0 Å². The minimum Gasteiger partial charge on any atom is -0.325 e. The standard InChI is InChI=1S/C15H22N2O/c1-5-11(3)13-15(18)17(4)14(16-13)12-8-6-7-10(2)9-12/h6-9,11,13-14,16H,5H2,1-4H3. The highest BCUT2D eigenvalue weighted by Gasteiger charge is 2.39. The molecule has 2 rings (SSSR count). The van der Waals surface area contributed by atoms with Gasteiger partial charge in [0.05, 0.1) is 6.04 Å². The molecule has 3 unspecified atom stereocenters. The number of carbonyl (C=O) groups excluding carboxylic acids is 1. The van der Waals surface area contributed by atoms with Crippen LogP contribution in [0.2, 0.25) is 0 Å². The first-order valence-electron chi connectivity index (χ1n) is 6.64. The predicted molar refractivity (Wildman–Crippen MR) is 73.1 cm³/mol. The number of nitrogens with zero attached hydrogens (tertiary/aromatic N) is 1. The Morgan fingerprint density at radius 3 is 2.78 bits per heavy atom. The zero-order valence-electron chi connectivity index (χ0n) is 11.6. The fourth-order valence-corrected chi connectivity index (χ4v) is 2.50. The fraction of sp³-hybridized carbons (Fsp3) is 0.533. The second kappa shape index (κ2) is 5.11. The number of rotatable bonds is 3. The lowest BCUT2D eigenvalue weighted by molar-refractivity contribution is -0.129. The monoisotopic (exact) mass is 246 g/mol. The molecule has 3 atom stereocenters. The Kier molecular flexibility index (Phi) is 3.71. The van der Waals surface area contributed by atoms with Crippen molar-refractivity contribution in [3.05, 3.63) is 35.4 Å². The SMILES string of the molecule is CCC(C)C1NC(c2cccc(C)c2)N(C)C1=O. The van der Waals surface area contributed by atoms with Crippen molar-refractivity contribution in [3.8, 4) is 0 Å². The van der Waals surface area contributed by atoms with Gasteiger partial charge in [0.15, 0.2) is 0 Å². The first-order chi connectivity index (χ1) is 8.54. The number of likely N-dealkylation sites (N-methyl/N-ethyl adjacent to an activating group) is 1. The quantitative estimate of drug-likeness (QED) is 0.888. The maximum Gasteiger partial charge on any atom is 0.241 e. The maximum absolute atomic E-state index is 12.2. The lowest BCUT2D eigenvalue weighted by atomic mass is 9.99. The lowest BCUT2D eigenvalue weighted by Gasteiger charge is -2.20. The summed E-state index contributed by atoms with van der Waals surface area (Å²) in [5.41, 5.74) is 2.39. The van der Waals surface area contributed by atoms with E-state index in [1.54, 1.807) is 0 Å². The van der Waals surface area contributed by atoms with E-state index in [0.29, 0.717) is 5.92 Å².